The van der Waals surface area contributed by atoms with Gasteiger partial charge in [0, 0.05) is 18.2 Å². The zero-order valence-electron chi connectivity index (χ0n) is 9.11. The lowest BCUT2D eigenvalue weighted by molar-refractivity contribution is -0.122. The molecule has 17 heavy (non-hydrogen) atoms. The third-order valence-corrected chi connectivity index (χ3v) is 3.33. The molecular formula is C11H14ClFN2OS. The van der Waals surface area contributed by atoms with E-state index in [4.69, 9.17) is 0 Å². The number of carbonyl (C=O) groups excluding carboxylic acids is 1. The van der Waals surface area contributed by atoms with Crippen LogP contribution in [-0.4, -0.2) is 23.6 Å². The fraction of sp³-hybridized carbons (Fsp3) is 0.364. The van der Waals surface area contributed by atoms with Crippen LogP contribution in [0.1, 0.15) is 5.56 Å². The molecule has 0 aromatic heterocycles. The molecule has 2 rings (SSSR count). The van der Waals surface area contributed by atoms with E-state index in [1.54, 1.807) is 23.9 Å². The topological polar surface area (TPSA) is 41.1 Å². The van der Waals surface area contributed by atoms with Crippen molar-refractivity contribution in [3.05, 3.63) is 35.6 Å². The standard InChI is InChI=1S/C11H13FN2OS.ClH/c12-9-3-1-2-8(4-9)5-13-11(15)10-6-16-7-14-10;/h1-4,10,14H,5-7H2,(H,13,15);1H. The first kappa shape index (κ1) is 14.3. The quantitative estimate of drug-likeness (QED) is 0.880. The van der Waals surface area contributed by atoms with E-state index in [1.807, 2.05) is 0 Å². The van der Waals surface area contributed by atoms with Crippen LogP contribution >= 0.6 is 24.2 Å². The van der Waals surface area contributed by atoms with E-state index < -0.39 is 0 Å². The van der Waals surface area contributed by atoms with Gasteiger partial charge < -0.3 is 5.32 Å². The first-order valence-corrected chi connectivity index (χ1v) is 6.24. The third-order valence-electron chi connectivity index (χ3n) is 2.39. The van der Waals surface area contributed by atoms with Gasteiger partial charge in [-0.05, 0) is 17.7 Å². The van der Waals surface area contributed by atoms with Crippen LogP contribution in [0.5, 0.6) is 0 Å². The summed E-state index contributed by atoms with van der Waals surface area (Å²) in [6, 6.07) is 6.14. The van der Waals surface area contributed by atoms with Crippen molar-refractivity contribution < 1.29 is 9.18 Å². The average Bonchev–Trinajstić information content (AvgIpc) is 2.79. The lowest BCUT2D eigenvalue weighted by Gasteiger charge is -2.10. The molecule has 1 aromatic carbocycles. The van der Waals surface area contributed by atoms with Gasteiger partial charge in [-0.1, -0.05) is 12.1 Å². The van der Waals surface area contributed by atoms with Gasteiger partial charge in [0.2, 0.25) is 5.91 Å². The highest BCUT2D eigenvalue weighted by Crippen LogP contribution is 2.09. The molecule has 1 unspecified atom stereocenters. The van der Waals surface area contributed by atoms with E-state index in [-0.39, 0.29) is 30.2 Å². The van der Waals surface area contributed by atoms with Crippen molar-refractivity contribution in [1.29, 1.82) is 0 Å². The summed E-state index contributed by atoms with van der Waals surface area (Å²) in [6.07, 6.45) is 0. The maximum atomic E-state index is 12.9. The molecule has 3 nitrogen and oxygen atoms in total. The Balaban J connectivity index is 0.00000144. The lowest BCUT2D eigenvalue weighted by atomic mass is 10.2. The van der Waals surface area contributed by atoms with Crippen molar-refractivity contribution in [1.82, 2.24) is 10.6 Å². The molecule has 0 saturated carbocycles. The van der Waals surface area contributed by atoms with Gasteiger partial charge in [-0.3, -0.25) is 10.1 Å². The van der Waals surface area contributed by atoms with Gasteiger partial charge in [-0.15, -0.1) is 24.2 Å². The van der Waals surface area contributed by atoms with Crippen LogP contribution < -0.4 is 10.6 Å². The highest BCUT2D eigenvalue weighted by Gasteiger charge is 2.21. The lowest BCUT2D eigenvalue weighted by Crippen LogP contribution is -2.41. The molecule has 1 saturated heterocycles. The molecular weight excluding hydrogens is 263 g/mol. The molecule has 6 heteroatoms. The summed E-state index contributed by atoms with van der Waals surface area (Å²) in [7, 11) is 0. The molecule has 1 heterocycles. The Morgan fingerprint density at radius 3 is 3.06 bits per heavy atom. The van der Waals surface area contributed by atoms with Crippen molar-refractivity contribution in [3.63, 3.8) is 0 Å². The predicted octanol–water partition coefficient (Wildman–Crippen LogP) is 1.53. The van der Waals surface area contributed by atoms with Crippen LogP contribution in [0.15, 0.2) is 24.3 Å². The van der Waals surface area contributed by atoms with E-state index in [1.165, 1.54) is 12.1 Å². The maximum absolute atomic E-state index is 12.9. The van der Waals surface area contributed by atoms with Crippen LogP contribution in [-0.2, 0) is 11.3 Å². The smallest absolute Gasteiger partial charge is 0.238 e. The van der Waals surface area contributed by atoms with E-state index in [0.29, 0.717) is 6.54 Å². The average molecular weight is 277 g/mol. The van der Waals surface area contributed by atoms with Gasteiger partial charge in [-0.2, -0.15) is 0 Å². The summed E-state index contributed by atoms with van der Waals surface area (Å²) >= 11 is 1.70. The molecule has 0 aliphatic carbocycles. The number of rotatable bonds is 3. The minimum absolute atomic E-state index is 0. The van der Waals surface area contributed by atoms with Crippen LogP contribution in [0, 0.1) is 5.82 Å². The van der Waals surface area contributed by atoms with Gasteiger partial charge in [-0.25, -0.2) is 4.39 Å². The normalized spacial score (nSPS) is 18.5. The molecule has 1 fully saturated rings. The first-order chi connectivity index (χ1) is 7.75. The number of hydrogen-bond acceptors (Lipinski definition) is 3. The maximum Gasteiger partial charge on any atom is 0.238 e. The second-order valence-corrected chi connectivity index (χ2v) is 4.65. The zero-order valence-corrected chi connectivity index (χ0v) is 10.7. The highest BCUT2D eigenvalue weighted by molar-refractivity contribution is 7.99. The fourth-order valence-electron chi connectivity index (χ4n) is 1.52. The van der Waals surface area contributed by atoms with Crippen LogP contribution in [0.3, 0.4) is 0 Å². The van der Waals surface area contributed by atoms with Gasteiger partial charge in [0.25, 0.3) is 0 Å². The predicted molar refractivity (Wildman–Crippen MR) is 69.7 cm³/mol. The monoisotopic (exact) mass is 276 g/mol. The second-order valence-electron chi connectivity index (χ2n) is 3.62. The Morgan fingerprint density at radius 2 is 2.41 bits per heavy atom. The first-order valence-electron chi connectivity index (χ1n) is 5.09. The summed E-state index contributed by atoms with van der Waals surface area (Å²) in [5.74, 6) is 1.32. The van der Waals surface area contributed by atoms with E-state index in [2.05, 4.69) is 10.6 Å². The molecule has 1 aliphatic heterocycles. The molecule has 0 radical (unpaired) electrons. The minimum atomic E-state index is -0.277. The molecule has 1 atom stereocenters. The Bertz CT molecular complexity index is 385. The third kappa shape index (κ3) is 4.18. The van der Waals surface area contributed by atoms with Gasteiger partial charge >= 0.3 is 0 Å². The largest absolute Gasteiger partial charge is 0.351 e. The second kappa shape index (κ2) is 6.83. The van der Waals surface area contributed by atoms with Crippen molar-refractivity contribution >= 4 is 30.1 Å². The number of hydrogen-bond donors (Lipinski definition) is 2. The summed E-state index contributed by atoms with van der Waals surface area (Å²) in [5, 5.41) is 5.87. The molecule has 1 aliphatic rings. The van der Waals surface area contributed by atoms with Gasteiger partial charge in [0.15, 0.2) is 0 Å². The van der Waals surface area contributed by atoms with Crippen molar-refractivity contribution in [2.45, 2.75) is 12.6 Å². The van der Waals surface area contributed by atoms with Crippen molar-refractivity contribution in [2.75, 3.05) is 11.6 Å². The van der Waals surface area contributed by atoms with Crippen molar-refractivity contribution in [2.24, 2.45) is 0 Å². The summed E-state index contributed by atoms with van der Waals surface area (Å²) < 4.78 is 12.9. The number of halogens is 2. The number of thioether (sulfide) groups is 1. The van der Waals surface area contributed by atoms with Gasteiger partial charge in [0.1, 0.15) is 5.82 Å². The number of carbonyl (C=O) groups is 1. The van der Waals surface area contributed by atoms with Gasteiger partial charge in [0.05, 0.1) is 6.04 Å². The summed E-state index contributed by atoms with van der Waals surface area (Å²) in [4.78, 5) is 11.6. The summed E-state index contributed by atoms with van der Waals surface area (Å²) in [5.41, 5.74) is 0.777. The zero-order chi connectivity index (χ0) is 11.4. The number of benzene rings is 1. The molecule has 1 aromatic rings. The van der Waals surface area contributed by atoms with Crippen molar-refractivity contribution in [3.8, 4) is 0 Å². The Morgan fingerprint density at radius 1 is 1.59 bits per heavy atom. The number of nitrogens with one attached hydrogen (secondary N) is 2. The Kier molecular flexibility index (Phi) is 5.74. The molecule has 1 amide bonds. The van der Waals surface area contributed by atoms with Crippen LogP contribution in [0.25, 0.3) is 0 Å². The van der Waals surface area contributed by atoms with Crippen LogP contribution in [0.2, 0.25) is 0 Å². The molecule has 2 N–H and O–H groups in total. The van der Waals surface area contributed by atoms with E-state index >= 15 is 0 Å². The molecule has 0 spiro atoms. The molecule has 94 valence electrons. The van der Waals surface area contributed by atoms with E-state index in [0.717, 1.165) is 17.2 Å². The molecule has 0 bridgehead atoms. The SMILES string of the molecule is Cl.O=C(NCc1cccc(F)c1)C1CSCN1. The minimum Gasteiger partial charge on any atom is -0.351 e. The fourth-order valence-corrected chi connectivity index (χ4v) is 2.46. The Hall–Kier alpha value is -0.780. The Labute approximate surface area is 110 Å². The van der Waals surface area contributed by atoms with E-state index in [9.17, 15) is 9.18 Å². The van der Waals surface area contributed by atoms with Crippen LogP contribution in [0.4, 0.5) is 4.39 Å². The number of amides is 1. The summed E-state index contributed by atoms with van der Waals surface area (Å²) in [6.45, 7) is 0.374. The highest BCUT2D eigenvalue weighted by atomic mass is 35.5.